The second-order valence-corrected chi connectivity index (χ2v) is 11.5. The maximum absolute atomic E-state index is 14.4. The summed E-state index contributed by atoms with van der Waals surface area (Å²) in [7, 11) is 0. The van der Waals surface area contributed by atoms with Gasteiger partial charge in [-0.1, -0.05) is 61.6 Å². The average Bonchev–Trinajstić information content (AvgIpc) is 3.21. The normalized spacial score (nSPS) is 32.0. The predicted molar refractivity (Wildman–Crippen MR) is 147 cm³/mol. The lowest BCUT2D eigenvalue weighted by molar-refractivity contribution is -0.155. The Morgan fingerprint density at radius 1 is 0.949 bits per heavy atom. The van der Waals surface area contributed by atoms with Crippen LogP contribution in [0.15, 0.2) is 54.6 Å². The molecule has 1 unspecified atom stereocenters. The van der Waals surface area contributed by atoms with Gasteiger partial charge in [0.2, 0.25) is 17.7 Å². The van der Waals surface area contributed by atoms with Crippen molar-refractivity contribution in [3.05, 3.63) is 60.2 Å². The Kier molecular flexibility index (Phi) is 7.71. The first-order valence-electron chi connectivity index (χ1n) is 14.4. The molecule has 3 amide bonds. The van der Waals surface area contributed by atoms with Crippen molar-refractivity contribution in [1.82, 2.24) is 14.7 Å². The fraction of sp³-hybridized carbons (Fsp3) is 0.581. The van der Waals surface area contributed by atoms with E-state index in [1.54, 1.807) is 9.80 Å². The van der Waals surface area contributed by atoms with Crippen molar-refractivity contribution in [3.8, 4) is 0 Å². The topological polar surface area (TPSA) is 90.4 Å². The summed E-state index contributed by atoms with van der Waals surface area (Å²) >= 11 is 0. The summed E-state index contributed by atoms with van der Waals surface area (Å²) in [5.74, 6) is -1.94. The highest BCUT2D eigenvalue weighted by Gasteiger charge is 2.75. The van der Waals surface area contributed by atoms with Gasteiger partial charge in [-0.15, -0.1) is 0 Å². The standard InChI is InChI=1S/C31H41N3O5/c1-4-30-15-11-17-32(21-23-13-7-5-8-14-23)27(36)24(30)25-28(37)34(18-9-6-10-20-35)26-29(38)33(22(2)3)19-12-16-31(25,26)39-30/h5,7-8,11-16,22,24-26,35H,4,6,9-10,17-21H2,1-3H3/t24-,25-,26?,30+,31-/m0/s1. The minimum atomic E-state index is -1.22. The Morgan fingerprint density at radius 3 is 2.38 bits per heavy atom. The fourth-order valence-electron chi connectivity index (χ4n) is 7.05. The minimum Gasteiger partial charge on any atom is -0.396 e. The minimum absolute atomic E-state index is 0.0439. The van der Waals surface area contributed by atoms with E-state index in [0.717, 1.165) is 12.0 Å². The molecular weight excluding hydrogens is 494 g/mol. The molecule has 39 heavy (non-hydrogen) atoms. The van der Waals surface area contributed by atoms with Crippen LogP contribution in [-0.2, 0) is 25.7 Å². The number of ether oxygens (including phenoxy) is 1. The molecule has 2 saturated heterocycles. The number of hydrogen-bond acceptors (Lipinski definition) is 5. The number of rotatable bonds is 9. The van der Waals surface area contributed by atoms with Crippen LogP contribution >= 0.6 is 0 Å². The molecule has 4 aliphatic rings. The third-order valence-corrected chi connectivity index (χ3v) is 8.95. The van der Waals surface area contributed by atoms with Gasteiger partial charge in [0.25, 0.3) is 0 Å². The van der Waals surface area contributed by atoms with Crippen molar-refractivity contribution in [2.24, 2.45) is 11.8 Å². The smallest absolute Gasteiger partial charge is 0.249 e. The maximum atomic E-state index is 14.4. The molecule has 2 fully saturated rings. The lowest BCUT2D eigenvalue weighted by atomic mass is 9.73. The lowest BCUT2D eigenvalue weighted by Gasteiger charge is -2.39. The van der Waals surface area contributed by atoms with E-state index in [9.17, 15) is 19.5 Å². The van der Waals surface area contributed by atoms with Crippen LogP contribution in [0.3, 0.4) is 0 Å². The Morgan fingerprint density at radius 2 is 1.69 bits per heavy atom. The van der Waals surface area contributed by atoms with Gasteiger partial charge in [-0.25, -0.2) is 0 Å². The third kappa shape index (κ3) is 4.51. The van der Waals surface area contributed by atoms with Gasteiger partial charge in [0, 0.05) is 38.8 Å². The first-order chi connectivity index (χ1) is 18.8. The Hall–Kier alpha value is -2.97. The molecule has 5 atom stereocenters. The van der Waals surface area contributed by atoms with E-state index in [1.165, 1.54) is 0 Å². The summed E-state index contributed by atoms with van der Waals surface area (Å²) in [4.78, 5) is 48.2. The molecule has 1 N–H and O–H groups in total. The summed E-state index contributed by atoms with van der Waals surface area (Å²) in [6, 6.07) is 8.99. The first kappa shape index (κ1) is 27.6. The molecule has 1 aromatic rings. The van der Waals surface area contributed by atoms with E-state index >= 15 is 0 Å². The van der Waals surface area contributed by atoms with Crippen LogP contribution in [-0.4, -0.2) is 87.1 Å². The van der Waals surface area contributed by atoms with E-state index in [-0.39, 0.29) is 30.4 Å². The van der Waals surface area contributed by atoms with Crippen molar-refractivity contribution in [3.63, 3.8) is 0 Å². The predicted octanol–water partition coefficient (Wildman–Crippen LogP) is 2.92. The molecule has 1 aromatic carbocycles. The number of amides is 3. The van der Waals surface area contributed by atoms with Crippen molar-refractivity contribution >= 4 is 17.7 Å². The molecule has 0 bridgehead atoms. The van der Waals surface area contributed by atoms with Gasteiger partial charge in [0.1, 0.15) is 11.6 Å². The van der Waals surface area contributed by atoms with E-state index in [4.69, 9.17) is 4.74 Å². The largest absolute Gasteiger partial charge is 0.396 e. The number of likely N-dealkylation sites (tertiary alicyclic amines) is 1. The Balaban J connectivity index is 1.57. The number of carbonyl (C=O) groups is 3. The second kappa shape index (κ2) is 10.9. The Labute approximate surface area is 231 Å². The van der Waals surface area contributed by atoms with Crippen LogP contribution < -0.4 is 0 Å². The van der Waals surface area contributed by atoms with Crippen LogP contribution in [0, 0.1) is 11.8 Å². The van der Waals surface area contributed by atoms with Crippen LogP contribution in [0.4, 0.5) is 0 Å². The molecule has 1 spiro atoms. The van der Waals surface area contributed by atoms with Crippen LogP contribution in [0.25, 0.3) is 0 Å². The number of fused-ring (bicyclic) bond motifs is 2. The summed E-state index contributed by atoms with van der Waals surface area (Å²) < 4.78 is 7.00. The van der Waals surface area contributed by atoms with Crippen LogP contribution in [0.2, 0.25) is 0 Å². The third-order valence-electron chi connectivity index (χ3n) is 8.95. The molecule has 0 saturated carbocycles. The van der Waals surface area contributed by atoms with Gasteiger partial charge in [0.15, 0.2) is 0 Å². The highest BCUT2D eigenvalue weighted by atomic mass is 16.5. The highest BCUT2D eigenvalue weighted by molar-refractivity contribution is 6.00. The molecule has 4 heterocycles. The molecule has 4 aliphatic heterocycles. The van der Waals surface area contributed by atoms with Crippen molar-refractivity contribution < 1.29 is 24.2 Å². The number of aliphatic hydroxyl groups is 1. The van der Waals surface area contributed by atoms with Crippen LogP contribution in [0.5, 0.6) is 0 Å². The van der Waals surface area contributed by atoms with Crippen molar-refractivity contribution in [1.29, 1.82) is 0 Å². The lowest BCUT2D eigenvalue weighted by Crippen LogP contribution is -2.57. The second-order valence-electron chi connectivity index (χ2n) is 11.5. The molecule has 8 nitrogen and oxygen atoms in total. The molecule has 0 aliphatic carbocycles. The molecule has 5 rings (SSSR count). The quantitative estimate of drug-likeness (QED) is 0.388. The zero-order valence-corrected chi connectivity index (χ0v) is 23.3. The number of benzene rings is 1. The van der Waals surface area contributed by atoms with E-state index < -0.39 is 29.1 Å². The van der Waals surface area contributed by atoms with E-state index in [0.29, 0.717) is 45.4 Å². The van der Waals surface area contributed by atoms with E-state index in [1.807, 2.05) is 80.3 Å². The molecular formula is C31H41N3O5. The average molecular weight is 536 g/mol. The summed E-state index contributed by atoms with van der Waals surface area (Å²) in [5.41, 5.74) is -1.16. The van der Waals surface area contributed by atoms with Gasteiger partial charge in [-0.2, -0.15) is 0 Å². The zero-order valence-electron chi connectivity index (χ0n) is 23.3. The van der Waals surface area contributed by atoms with Crippen molar-refractivity contribution in [2.45, 2.75) is 76.3 Å². The Bertz CT molecular complexity index is 1150. The molecule has 0 aromatic heterocycles. The molecule has 0 radical (unpaired) electrons. The summed E-state index contributed by atoms with van der Waals surface area (Å²) in [6.45, 7) is 7.74. The van der Waals surface area contributed by atoms with Gasteiger partial charge in [-0.05, 0) is 45.1 Å². The number of carbonyl (C=O) groups excluding carboxylic acids is 3. The van der Waals surface area contributed by atoms with Gasteiger partial charge >= 0.3 is 0 Å². The number of unbranched alkanes of at least 4 members (excludes halogenated alkanes) is 2. The summed E-state index contributed by atoms with van der Waals surface area (Å²) in [6.07, 6.45) is 10.4. The van der Waals surface area contributed by atoms with Gasteiger partial charge < -0.3 is 24.5 Å². The van der Waals surface area contributed by atoms with Crippen molar-refractivity contribution in [2.75, 3.05) is 26.2 Å². The number of aliphatic hydroxyl groups excluding tert-OH is 1. The van der Waals surface area contributed by atoms with Gasteiger partial charge in [0.05, 0.1) is 17.4 Å². The zero-order chi connectivity index (χ0) is 27.8. The number of hydrogen-bond donors (Lipinski definition) is 1. The summed E-state index contributed by atoms with van der Waals surface area (Å²) in [5, 5.41) is 9.26. The molecule has 8 heteroatoms. The van der Waals surface area contributed by atoms with Crippen LogP contribution in [0.1, 0.15) is 52.0 Å². The SMILES string of the molecule is CC[C@@]12C=CCN(Cc3ccccc3)C(=O)[C@@H]1[C@H]1C(=O)N(CCCCCO)C3C(=O)N(C(C)C)CC=C[C@@]31O2. The first-order valence-corrected chi connectivity index (χ1v) is 14.4. The number of nitrogens with zero attached hydrogens (tertiary/aromatic N) is 3. The van der Waals surface area contributed by atoms with E-state index in [2.05, 4.69) is 0 Å². The monoisotopic (exact) mass is 535 g/mol. The maximum Gasteiger partial charge on any atom is 0.249 e. The fourth-order valence-corrected chi connectivity index (χ4v) is 7.05. The molecule has 210 valence electrons. The van der Waals surface area contributed by atoms with Gasteiger partial charge in [-0.3, -0.25) is 14.4 Å². The highest BCUT2D eigenvalue weighted by Crippen LogP contribution is 2.58.